The fraction of sp³-hybridized carbons (Fsp3) is 0.792. The van der Waals surface area contributed by atoms with Crippen molar-refractivity contribution >= 4 is 17.7 Å². The second-order valence-electron chi connectivity index (χ2n) is 10.3. The molecule has 4 rings (SSSR count). The maximum Gasteiger partial charge on any atom is 0.306 e. The number of carboxylic acids is 1. The normalized spacial score (nSPS) is 41.0. The summed E-state index contributed by atoms with van der Waals surface area (Å²) in [7, 11) is 0. The van der Waals surface area contributed by atoms with Crippen LogP contribution in [0.25, 0.3) is 0 Å². The largest absolute Gasteiger partial charge is 0.481 e. The lowest BCUT2D eigenvalue weighted by atomic mass is 9.47. The Labute approximate surface area is 173 Å². The Kier molecular flexibility index (Phi) is 5.37. The number of carboxylic acid groups (broad SMARTS) is 1. The number of allylic oxidation sites excluding steroid dienone is 1. The summed E-state index contributed by atoms with van der Waals surface area (Å²) in [6.07, 6.45) is 10.6. The Morgan fingerprint density at radius 2 is 1.86 bits per heavy atom. The first-order chi connectivity index (χ1) is 13.7. The number of carbonyl (C=O) groups is 3. The van der Waals surface area contributed by atoms with Crippen molar-refractivity contribution in [2.75, 3.05) is 0 Å². The number of fused-ring (bicyclic) bond motifs is 5. The third-order valence-corrected chi connectivity index (χ3v) is 8.92. The van der Waals surface area contributed by atoms with Gasteiger partial charge in [0.05, 0.1) is 0 Å². The van der Waals surface area contributed by atoms with Crippen molar-refractivity contribution < 1.29 is 24.2 Å². The van der Waals surface area contributed by atoms with E-state index in [1.807, 2.05) is 6.08 Å². The van der Waals surface area contributed by atoms with Crippen LogP contribution >= 0.6 is 0 Å². The fourth-order valence-electron chi connectivity index (χ4n) is 7.31. The van der Waals surface area contributed by atoms with Gasteiger partial charge in [-0.1, -0.05) is 19.4 Å². The maximum atomic E-state index is 12.3. The molecule has 3 fully saturated rings. The smallest absolute Gasteiger partial charge is 0.306 e. The van der Waals surface area contributed by atoms with Crippen LogP contribution in [0.2, 0.25) is 0 Å². The molecule has 0 saturated heterocycles. The predicted octanol–water partition coefficient (Wildman–Crippen LogP) is 4.69. The minimum atomic E-state index is -0.868. The Morgan fingerprint density at radius 3 is 2.62 bits per heavy atom. The molecule has 0 bridgehead atoms. The lowest BCUT2D eigenvalue weighted by Crippen LogP contribution is -2.51. The number of aliphatic carboxylic acids is 1. The van der Waals surface area contributed by atoms with Crippen LogP contribution in [0.5, 0.6) is 0 Å². The van der Waals surface area contributed by atoms with E-state index in [1.54, 1.807) is 0 Å². The number of ether oxygens (including phenoxy) is 1. The van der Waals surface area contributed by atoms with E-state index >= 15 is 0 Å². The van der Waals surface area contributed by atoms with Gasteiger partial charge >= 0.3 is 11.9 Å². The predicted molar refractivity (Wildman–Crippen MR) is 108 cm³/mol. The van der Waals surface area contributed by atoms with Crippen molar-refractivity contribution in [1.82, 2.24) is 0 Å². The van der Waals surface area contributed by atoms with Gasteiger partial charge in [0.25, 0.3) is 0 Å². The number of esters is 1. The van der Waals surface area contributed by atoms with Crippen LogP contribution in [-0.4, -0.2) is 28.9 Å². The molecule has 0 aromatic rings. The molecule has 4 aliphatic rings. The highest BCUT2D eigenvalue weighted by molar-refractivity contribution is 5.91. The fourth-order valence-corrected chi connectivity index (χ4v) is 7.31. The van der Waals surface area contributed by atoms with Crippen molar-refractivity contribution in [1.29, 1.82) is 0 Å². The number of hydrogen-bond acceptors (Lipinski definition) is 4. The summed E-state index contributed by atoms with van der Waals surface area (Å²) in [5, 5.41) is 8.76. The summed E-state index contributed by atoms with van der Waals surface area (Å²) in [5.74, 6) is 1.06. The van der Waals surface area contributed by atoms with Crippen molar-refractivity contribution in [2.24, 2.45) is 28.6 Å². The van der Waals surface area contributed by atoms with Crippen LogP contribution in [0.1, 0.15) is 84.5 Å². The standard InChI is InChI=1S/C24H34O5/c1-23-12-10-16(25)14-15(23)6-7-17-18-8-9-20(24(18,2)13-11-19(17)23)29-22(28)5-3-4-21(26)27/h14,17-20H,3-13H2,1-2H3,(H,26,27)/t17?,18?,19?,20-,23-,24-/m0/s1. The average molecular weight is 403 g/mol. The molecule has 160 valence electrons. The molecule has 0 spiro atoms. The highest BCUT2D eigenvalue weighted by Gasteiger charge is 2.59. The molecule has 0 heterocycles. The van der Waals surface area contributed by atoms with E-state index in [0.717, 1.165) is 44.9 Å². The molecule has 1 N–H and O–H groups in total. The summed E-state index contributed by atoms with van der Waals surface area (Å²) in [4.78, 5) is 34.9. The van der Waals surface area contributed by atoms with E-state index in [1.165, 1.54) is 5.57 Å². The zero-order chi connectivity index (χ0) is 20.8. The number of rotatable bonds is 5. The summed E-state index contributed by atoms with van der Waals surface area (Å²) in [6.45, 7) is 4.70. The zero-order valence-corrected chi connectivity index (χ0v) is 17.7. The topological polar surface area (TPSA) is 80.7 Å². The van der Waals surface area contributed by atoms with Gasteiger partial charge in [-0.25, -0.2) is 0 Å². The second kappa shape index (κ2) is 7.55. The molecular formula is C24H34O5. The third-order valence-electron chi connectivity index (χ3n) is 8.92. The molecule has 0 aromatic heterocycles. The first-order valence-corrected chi connectivity index (χ1v) is 11.4. The molecule has 29 heavy (non-hydrogen) atoms. The van der Waals surface area contributed by atoms with Gasteiger partial charge in [-0.05, 0) is 80.6 Å². The second-order valence-corrected chi connectivity index (χ2v) is 10.3. The molecule has 3 unspecified atom stereocenters. The molecule has 6 atom stereocenters. The number of ketones is 1. The molecule has 0 radical (unpaired) electrons. The quantitative estimate of drug-likeness (QED) is 0.675. The SMILES string of the molecule is C[C@]12CCC(=O)C=C1CCC1C2CC[C@@]2(C)C1CC[C@@H]2OC(=O)CCCC(=O)O. The molecule has 4 aliphatic carbocycles. The molecule has 0 aromatic carbocycles. The molecule has 0 amide bonds. The Hall–Kier alpha value is -1.65. The molecular weight excluding hydrogens is 368 g/mol. The maximum absolute atomic E-state index is 12.3. The first kappa shape index (κ1) is 20.6. The third kappa shape index (κ3) is 3.55. The van der Waals surface area contributed by atoms with Crippen molar-refractivity contribution in [2.45, 2.75) is 90.6 Å². The number of carbonyl (C=O) groups excluding carboxylic acids is 2. The lowest BCUT2D eigenvalue weighted by Gasteiger charge is -2.57. The molecule has 5 heteroatoms. The van der Waals surface area contributed by atoms with E-state index < -0.39 is 5.97 Å². The molecule has 5 nitrogen and oxygen atoms in total. The lowest BCUT2D eigenvalue weighted by molar-refractivity contribution is -0.160. The van der Waals surface area contributed by atoms with Crippen LogP contribution in [-0.2, 0) is 19.1 Å². The Bertz CT molecular complexity index is 740. The van der Waals surface area contributed by atoms with Gasteiger partial charge in [-0.2, -0.15) is 0 Å². The average Bonchev–Trinajstić information content (AvgIpc) is 2.98. The van der Waals surface area contributed by atoms with Gasteiger partial charge in [0.1, 0.15) is 6.10 Å². The summed E-state index contributed by atoms with van der Waals surface area (Å²) < 4.78 is 5.90. The van der Waals surface area contributed by atoms with Gasteiger partial charge in [0, 0.05) is 24.7 Å². The highest BCUT2D eigenvalue weighted by Crippen LogP contribution is 2.65. The van der Waals surface area contributed by atoms with E-state index in [2.05, 4.69) is 13.8 Å². The Morgan fingerprint density at radius 1 is 1.07 bits per heavy atom. The highest BCUT2D eigenvalue weighted by atomic mass is 16.5. The Balaban J connectivity index is 1.45. The minimum absolute atomic E-state index is 0.0142. The zero-order valence-electron chi connectivity index (χ0n) is 17.7. The van der Waals surface area contributed by atoms with Gasteiger partial charge in [-0.3, -0.25) is 14.4 Å². The van der Waals surface area contributed by atoms with E-state index in [4.69, 9.17) is 9.84 Å². The van der Waals surface area contributed by atoms with E-state index in [-0.39, 0.29) is 35.7 Å². The summed E-state index contributed by atoms with van der Waals surface area (Å²) >= 11 is 0. The van der Waals surface area contributed by atoms with Gasteiger partial charge in [0.2, 0.25) is 0 Å². The van der Waals surface area contributed by atoms with Crippen LogP contribution < -0.4 is 0 Å². The van der Waals surface area contributed by atoms with Gasteiger partial charge in [0.15, 0.2) is 5.78 Å². The number of hydrogen-bond donors (Lipinski definition) is 1. The summed E-state index contributed by atoms with van der Waals surface area (Å²) in [5.41, 5.74) is 1.59. The van der Waals surface area contributed by atoms with Crippen LogP contribution in [0.15, 0.2) is 11.6 Å². The van der Waals surface area contributed by atoms with Crippen LogP contribution in [0, 0.1) is 28.6 Å². The molecule has 3 saturated carbocycles. The van der Waals surface area contributed by atoms with E-state index in [0.29, 0.717) is 36.4 Å². The van der Waals surface area contributed by atoms with E-state index in [9.17, 15) is 14.4 Å². The first-order valence-electron chi connectivity index (χ1n) is 11.4. The van der Waals surface area contributed by atoms with Gasteiger partial charge < -0.3 is 9.84 Å². The van der Waals surface area contributed by atoms with Crippen LogP contribution in [0.3, 0.4) is 0 Å². The minimum Gasteiger partial charge on any atom is -0.481 e. The molecule has 0 aliphatic heterocycles. The van der Waals surface area contributed by atoms with Gasteiger partial charge in [-0.15, -0.1) is 0 Å². The summed E-state index contributed by atoms with van der Waals surface area (Å²) in [6, 6.07) is 0. The van der Waals surface area contributed by atoms with Crippen LogP contribution in [0.4, 0.5) is 0 Å². The van der Waals surface area contributed by atoms with Crippen molar-refractivity contribution in [3.8, 4) is 0 Å². The van der Waals surface area contributed by atoms with Crippen molar-refractivity contribution in [3.05, 3.63) is 11.6 Å². The monoisotopic (exact) mass is 402 g/mol. The van der Waals surface area contributed by atoms with Crippen molar-refractivity contribution in [3.63, 3.8) is 0 Å².